The van der Waals surface area contributed by atoms with Crippen LogP contribution < -0.4 is 5.32 Å². The fourth-order valence-electron chi connectivity index (χ4n) is 3.26. The van der Waals surface area contributed by atoms with E-state index in [4.69, 9.17) is 34.8 Å². The van der Waals surface area contributed by atoms with Gasteiger partial charge in [-0.2, -0.15) is 0 Å². The van der Waals surface area contributed by atoms with E-state index in [1.54, 1.807) is 30.0 Å². The number of benzene rings is 2. The van der Waals surface area contributed by atoms with Crippen LogP contribution in [-0.4, -0.2) is 53.8 Å². The van der Waals surface area contributed by atoms with Gasteiger partial charge in [0.15, 0.2) is 0 Å². The molecule has 0 aromatic heterocycles. The highest BCUT2D eigenvalue weighted by atomic mass is 35.5. The van der Waals surface area contributed by atoms with Crippen LogP contribution in [0.1, 0.15) is 22.8 Å². The van der Waals surface area contributed by atoms with Gasteiger partial charge in [0.2, 0.25) is 5.91 Å². The molecule has 1 unspecified atom stereocenters. The van der Waals surface area contributed by atoms with E-state index in [0.717, 1.165) is 24.7 Å². The number of amides is 2. The zero-order valence-electron chi connectivity index (χ0n) is 16.0. The van der Waals surface area contributed by atoms with Crippen LogP contribution in [0.25, 0.3) is 0 Å². The molecule has 2 aromatic carbocycles. The minimum absolute atomic E-state index is 0.109. The lowest BCUT2D eigenvalue weighted by Crippen LogP contribution is -2.53. The average molecular weight is 455 g/mol. The van der Waals surface area contributed by atoms with Gasteiger partial charge in [0, 0.05) is 37.7 Å². The normalized spacial score (nSPS) is 15.8. The maximum atomic E-state index is 12.7. The zero-order chi connectivity index (χ0) is 21.0. The lowest BCUT2D eigenvalue weighted by molar-refractivity contribution is -0.134. The molecule has 8 heteroatoms. The van der Waals surface area contributed by atoms with Gasteiger partial charge < -0.3 is 10.2 Å². The first-order valence-electron chi connectivity index (χ1n) is 9.35. The molecule has 1 saturated heterocycles. The van der Waals surface area contributed by atoms with Gasteiger partial charge in [-0.1, -0.05) is 53.0 Å². The first kappa shape index (κ1) is 21.9. The number of carbonyl (C=O) groups is 2. The molecule has 2 amide bonds. The number of rotatable bonds is 5. The minimum Gasteiger partial charge on any atom is -0.340 e. The van der Waals surface area contributed by atoms with Gasteiger partial charge in [-0.25, -0.2) is 0 Å². The van der Waals surface area contributed by atoms with Crippen LogP contribution in [0, 0.1) is 0 Å². The van der Waals surface area contributed by atoms with Crippen molar-refractivity contribution in [3.05, 3.63) is 68.7 Å². The molecule has 0 spiro atoms. The van der Waals surface area contributed by atoms with Crippen LogP contribution in [0.5, 0.6) is 0 Å². The lowest BCUT2D eigenvalue weighted by atomic mass is 10.1. The molecule has 1 fully saturated rings. The number of nitrogens with one attached hydrogen (secondary N) is 1. The Balaban J connectivity index is 1.51. The summed E-state index contributed by atoms with van der Waals surface area (Å²) in [6.07, 6.45) is 0. The number of hydrogen-bond acceptors (Lipinski definition) is 3. The van der Waals surface area contributed by atoms with Crippen molar-refractivity contribution in [1.82, 2.24) is 15.1 Å². The molecule has 0 radical (unpaired) electrons. The Morgan fingerprint density at radius 3 is 2.31 bits per heavy atom. The smallest absolute Gasteiger partial charge is 0.253 e. The Morgan fingerprint density at radius 2 is 1.66 bits per heavy atom. The first-order chi connectivity index (χ1) is 13.8. The Bertz CT molecular complexity index is 881. The number of carbonyl (C=O) groups excluding carboxylic acids is 2. The standard InChI is InChI=1S/C21H22Cl3N3O2/c1-14(25-20(28)17-3-2-4-18(23)19(17)24)21(29)27-11-9-26(10-12-27)13-15-5-7-16(22)8-6-15/h2-8,14H,9-13H2,1H3,(H,25,28). The van der Waals surface area contributed by atoms with E-state index in [1.807, 2.05) is 24.3 Å². The topological polar surface area (TPSA) is 52.7 Å². The largest absolute Gasteiger partial charge is 0.340 e. The van der Waals surface area contributed by atoms with Crippen molar-refractivity contribution < 1.29 is 9.59 Å². The van der Waals surface area contributed by atoms with Gasteiger partial charge in [-0.05, 0) is 36.8 Å². The summed E-state index contributed by atoms with van der Waals surface area (Å²) in [4.78, 5) is 29.3. The Kier molecular flexibility index (Phi) is 7.41. The summed E-state index contributed by atoms with van der Waals surface area (Å²) in [5.41, 5.74) is 1.44. The number of halogens is 3. The number of piperazine rings is 1. The van der Waals surface area contributed by atoms with Crippen LogP contribution in [-0.2, 0) is 11.3 Å². The van der Waals surface area contributed by atoms with Crippen LogP contribution in [0.3, 0.4) is 0 Å². The number of nitrogens with zero attached hydrogens (tertiary/aromatic N) is 2. The summed E-state index contributed by atoms with van der Waals surface area (Å²) in [6.45, 7) is 5.27. The second-order valence-electron chi connectivity index (χ2n) is 7.02. The van der Waals surface area contributed by atoms with E-state index in [2.05, 4.69) is 10.2 Å². The fourth-order valence-corrected chi connectivity index (χ4v) is 3.78. The highest BCUT2D eigenvalue weighted by Gasteiger charge is 2.26. The Labute approximate surface area is 185 Å². The molecule has 2 aromatic rings. The van der Waals surface area contributed by atoms with Crippen molar-refractivity contribution in [1.29, 1.82) is 0 Å². The number of hydrogen-bond donors (Lipinski definition) is 1. The molecule has 154 valence electrons. The molecule has 0 bridgehead atoms. The van der Waals surface area contributed by atoms with Crippen LogP contribution in [0.15, 0.2) is 42.5 Å². The molecule has 0 saturated carbocycles. The third-order valence-electron chi connectivity index (χ3n) is 4.92. The molecule has 1 aliphatic heterocycles. The van der Waals surface area contributed by atoms with Crippen LogP contribution in [0.4, 0.5) is 0 Å². The third-order valence-corrected chi connectivity index (χ3v) is 5.99. The van der Waals surface area contributed by atoms with Gasteiger partial charge in [0.05, 0.1) is 15.6 Å². The molecule has 1 heterocycles. The molecule has 3 rings (SSSR count). The monoisotopic (exact) mass is 453 g/mol. The molecule has 5 nitrogen and oxygen atoms in total. The summed E-state index contributed by atoms with van der Waals surface area (Å²) >= 11 is 18.0. The fraction of sp³-hybridized carbons (Fsp3) is 0.333. The highest BCUT2D eigenvalue weighted by Crippen LogP contribution is 2.25. The quantitative estimate of drug-likeness (QED) is 0.740. The van der Waals surface area contributed by atoms with Crippen molar-refractivity contribution in [3.8, 4) is 0 Å². The van der Waals surface area contributed by atoms with Crippen LogP contribution >= 0.6 is 34.8 Å². The van der Waals surface area contributed by atoms with Gasteiger partial charge in [-0.3, -0.25) is 14.5 Å². The SMILES string of the molecule is CC(NC(=O)c1cccc(Cl)c1Cl)C(=O)N1CCN(Cc2ccc(Cl)cc2)CC1. The van der Waals surface area contributed by atoms with Gasteiger partial charge in [0.1, 0.15) is 6.04 Å². The molecule has 0 aliphatic carbocycles. The average Bonchev–Trinajstić information content (AvgIpc) is 2.71. The van der Waals surface area contributed by atoms with E-state index < -0.39 is 11.9 Å². The first-order valence-corrected chi connectivity index (χ1v) is 10.5. The van der Waals surface area contributed by atoms with E-state index >= 15 is 0 Å². The second kappa shape index (κ2) is 9.81. The minimum atomic E-state index is -0.652. The van der Waals surface area contributed by atoms with Crippen LogP contribution in [0.2, 0.25) is 15.1 Å². The second-order valence-corrected chi connectivity index (χ2v) is 8.25. The zero-order valence-corrected chi connectivity index (χ0v) is 18.3. The van der Waals surface area contributed by atoms with Crippen molar-refractivity contribution in [3.63, 3.8) is 0 Å². The lowest BCUT2D eigenvalue weighted by Gasteiger charge is -2.36. The summed E-state index contributed by atoms with van der Waals surface area (Å²) in [5.74, 6) is -0.526. The van der Waals surface area contributed by atoms with E-state index in [0.29, 0.717) is 18.1 Å². The molecular formula is C21H22Cl3N3O2. The van der Waals surface area contributed by atoms with E-state index in [9.17, 15) is 9.59 Å². The van der Waals surface area contributed by atoms with E-state index in [-0.39, 0.29) is 16.5 Å². The maximum Gasteiger partial charge on any atom is 0.253 e. The van der Waals surface area contributed by atoms with Gasteiger partial charge >= 0.3 is 0 Å². The summed E-state index contributed by atoms with van der Waals surface area (Å²) < 4.78 is 0. The van der Waals surface area contributed by atoms with Crippen molar-refractivity contribution in [2.24, 2.45) is 0 Å². The van der Waals surface area contributed by atoms with Gasteiger partial charge in [-0.15, -0.1) is 0 Å². The molecular weight excluding hydrogens is 433 g/mol. The van der Waals surface area contributed by atoms with Crippen molar-refractivity contribution in [2.75, 3.05) is 26.2 Å². The van der Waals surface area contributed by atoms with Crippen molar-refractivity contribution in [2.45, 2.75) is 19.5 Å². The third kappa shape index (κ3) is 5.64. The summed E-state index contributed by atoms with van der Waals surface area (Å²) in [6, 6.07) is 12.0. The summed E-state index contributed by atoms with van der Waals surface area (Å²) in [7, 11) is 0. The van der Waals surface area contributed by atoms with Crippen molar-refractivity contribution >= 4 is 46.6 Å². The molecule has 1 N–H and O–H groups in total. The Morgan fingerprint density at radius 1 is 1.00 bits per heavy atom. The predicted molar refractivity (Wildman–Crippen MR) is 117 cm³/mol. The molecule has 1 atom stereocenters. The van der Waals surface area contributed by atoms with Gasteiger partial charge in [0.25, 0.3) is 5.91 Å². The maximum absolute atomic E-state index is 12.7. The molecule has 1 aliphatic rings. The predicted octanol–water partition coefficient (Wildman–Crippen LogP) is 4.11. The summed E-state index contributed by atoms with van der Waals surface area (Å²) in [5, 5.41) is 3.92. The van der Waals surface area contributed by atoms with E-state index in [1.165, 1.54) is 5.56 Å². The molecule has 29 heavy (non-hydrogen) atoms. The Hall–Kier alpha value is -1.79. The highest BCUT2D eigenvalue weighted by molar-refractivity contribution is 6.43.